The van der Waals surface area contributed by atoms with Gasteiger partial charge in [-0.3, -0.25) is 0 Å². The van der Waals surface area contributed by atoms with Crippen molar-refractivity contribution in [3.63, 3.8) is 0 Å². The van der Waals surface area contributed by atoms with Crippen molar-refractivity contribution in [3.05, 3.63) is 28.0 Å². The minimum Gasteiger partial charge on any atom is -0.459 e. The lowest BCUT2D eigenvalue weighted by Gasteiger charge is -2.31. The number of hydrogen-bond acceptors (Lipinski definition) is 3. The number of nitrogen functional groups attached to an aromatic ring is 1. The van der Waals surface area contributed by atoms with Crippen LogP contribution in [0.1, 0.15) is 43.5 Å². The fraction of sp³-hybridized carbons (Fsp3) is 0.533. The first kappa shape index (κ1) is 15.3. The Morgan fingerprint density at radius 1 is 1.30 bits per heavy atom. The number of esters is 1. The van der Waals surface area contributed by atoms with Gasteiger partial charge in [0.1, 0.15) is 11.9 Å². The zero-order chi connectivity index (χ0) is 14.9. The van der Waals surface area contributed by atoms with E-state index in [1.54, 1.807) is 0 Å². The smallest absolute Gasteiger partial charge is 0.339 e. The number of rotatable bonds is 2. The predicted octanol–water partition coefficient (Wildman–Crippen LogP) is 4.15. The summed E-state index contributed by atoms with van der Waals surface area (Å²) in [5, 5.41) is 0. The molecule has 0 amide bonds. The summed E-state index contributed by atoms with van der Waals surface area (Å²) in [7, 11) is 0. The van der Waals surface area contributed by atoms with Gasteiger partial charge < -0.3 is 10.5 Å². The molecule has 0 radical (unpaired) electrons. The van der Waals surface area contributed by atoms with Crippen LogP contribution in [0.4, 0.5) is 10.1 Å². The van der Waals surface area contributed by atoms with Gasteiger partial charge in [-0.1, -0.05) is 13.8 Å². The number of ether oxygens (including phenoxy) is 1. The molecule has 0 saturated heterocycles. The summed E-state index contributed by atoms with van der Waals surface area (Å²) in [5.41, 5.74) is 5.72. The maximum Gasteiger partial charge on any atom is 0.339 e. The van der Waals surface area contributed by atoms with Gasteiger partial charge in [-0.2, -0.15) is 0 Å². The fourth-order valence-corrected chi connectivity index (χ4v) is 3.38. The summed E-state index contributed by atoms with van der Waals surface area (Å²) >= 11 is 3.17. The van der Waals surface area contributed by atoms with E-state index >= 15 is 0 Å². The Bertz CT molecular complexity index is 511. The molecule has 2 rings (SSSR count). The number of carbonyl (C=O) groups excluding carboxylic acids is 1. The minimum absolute atomic E-state index is 0.0504. The molecule has 1 aromatic carbocycles. The minimum atomic E-state index is -0.548. The molecule has 0 aromatic heterocycles. The summed E-state index contributed by atoms with van der Waals surface area (Å²) in [4.78, 5) is 12.2. The molecule has 2 N–H and O–H groups in total. The van der Waals surface area contributed by atoms with Crippen LogP contribution >= 0.6 is 15.9 Å². The van der Waals surface area contributed by atoms with E-state index in [2.05, 4.69) is 29.8 Å². The average Bonchev–Trinajstić information content (AvgIpc) is 2.32. The lowest BCUT2D eigenvalue weighted by atomic mass is 9.82. The van der Waals surface area contributed by atoms with Crippen molar-refractivity contribution in [2.75, 3.05) is 5.73 Å². The quantitative estimate of drug-likeness (QED) is 0.648. The first-order chi connectivity index (χ1) is 9.36. The van der Waals surface area contributed by atoms with Crippen LogP contribution in [-0.2, 0) is 4.74 Å². The number of hydrogen-bond donors (Lipinski definition) is 1. The topological polar surface area (TPSA) is 52.3 Å². The van der Waals surface area contributed by atoms with E-state index in [0.29, 0.717) is 16.3 Å². The molecule has 1 fully saturated rings. The average molecular weight is 344 g/mol. The molecule has 2 atom stereocenters. The van der Waals surface area contributed by atoms with Gasteiger partial charge in [-0.05, 0) is 59.2 Å². The highest BCUT2D eigenvalue weighted by Gasteiger charge is 2.27. The molecule has 3 nitrogen and oxygen atoms in total. The molecule has 1 aliphatic rings. The van der Waals surface area contributed by atoms with Crippen LogP contribution in [0.5, 0.6) is 0 Å². The van der Waals surface area contributed by atoms with Crippen LogP contribution in [0.3, 0.4) is 0 Å². The summed E-state index contributed by atoms with van der Waals surface area (Å²) in [6.07, 6.45) is 2.86. The molecule has 0 heterocycles. The Kier molecular flexibility index (Phi) is 4.68. The Morgan fingerprint density at radius 2 is 1.90 bits per heavy atom. The number of nitrogens with two attached hydrogens (primary N) is 1. The second-order valence-corrected chi connectivity index (χ2v) is 6.65. The van der Waals surface area contributed by atoms with Gasteiger partial charge in [0.25, 0.3) is 0 Å². The van der Waals surface area contributed by atoms with Gasteiger partial charge >= 0.3 is 5.97 Å². The van der Waals surface area contributed by atoms with E-state index in [0.717, 1.165) is 12.8 Å². The predicted molar refractivity (Wildman–Crippen MR) is 79.9 cm³/mol. The van der Waals surface area contributed by atoms with E-state index in [4.69, 9.17) is 10.5 Å². The number of carbonyl (C=O) groups is 1. The number of benzene rings is 1. The molecule has 0 spiro atoms. The van der Waals surface area contributed by atoms with Crippen molar-refractivity contribution < 1.29 is 13.9 Å². The molecule has 0 bridgehead atoms. The van der Waals surface area contributed by atoms with Gasteiger partial charge in [-0.15, -0.1) is 0 Å². The van der Waals surface area contributed by atoms with Crippen molar-refractivity contribution >= 4 is 27.6 Å². The molecular formula is C15H19BrFNO2. The molecule has 1 saturated carbocycles. The molecule has 1 aliphatic carbocycles. The number of anilines is 1. The van der Waals surface area contributed by atoms with E-state index in [-0.39, 0.29) is 17.4 Å². The van der Waals surface area contributed by atoms with Gasteiger partial charge in [0.15, 0.2) is 0 Å². The summed E-state index contributed by atoms with van der Waals surface area (Å²) in [6, 6.07) is 2.51. The van der Waals surface area contributed by atoms with E-state index in [1.165, 1.54) is 18.6 Å². The van der Waals surface area contributed by atoms with Gasteiger partial charge in [0, 0.05) is 4.47 Å². The van der Waals surface area contributed by atoms with Gasteiger partial charge in [-0.25, -0.2) is 9.18 Å². The largest absolute Gasteiger partial charge is 0.459 e. The van der Waals surface area contributed by atoms with Crippen molar-refractivity contribution in [2.24, 2.45) is 11.8 Å². The highest BCUT2D eigenvalue weighted by molar-refractivity contribution is 9.10. The maximum atomic E-state index is 13.3. The van der Waals surface area contributed by atoms with Gasteiger partial charge in [0.2, 0.25) is 0 Å². The fourth-order valence-electron chi connectivity index (χ4n) is 2.91. The van der Waals surface area contributed by atoms with E-state index in [9.17, 15) is 9.18 Å². The van der Waals surface area contributed by atoms with Crippen molar-refractivity contribution in [2.45, 2.75) is 39.2 Å². The van der Waals surface area contributed by atoms with Crippen LogP contribution in [0.25, 0.3) is 0 Å². The Labute approximate surface area is 126 Å². The number of halogens is 2. The van der Waals surface area contributed by atoms with Crippen molar-refractivity contribution in [3.8, 4) is 0 Å². The van der Waals surface area contributed by atoms with E-state index < -0.39 is 11.8 Å². The van der Waals surface area contributed by atoms with E-state index in [1.807, 2.05) is 0 Å². The van der Waals surface area contributed by atoms with Crippen molar-refractivity contribution in [1.29, 1.82) is 0 Å². The van der Waals surface area contributed by atoms with Crippen LogP contribution in [0.2, 0.25) is 0 Å². The molecular weight excluding hydrogens is 325 g/mol. The lowest BCUT2D eigenvalue weighted by molar-refractivity contribution is 0.00796. The highest BCUT2D eigenvalue weighted by Crippen LogP contribution is 2.31. The molecule has 5 heteroatoms. The van der Waals surface area contributed by atoms with Crippen LogP contribution < -0.4 is 5.73 Å². The molecule has 0 aliphatic heterocycles. The standard InChI is InChI=1S/C15H19BrFNO2/c1-8-3-9(2)5-10(4-8)20-15(19)11-6-14(18)13(17)7-12(11)16/h6-10H,3-5,18H2,1-2H3. The lowest BCUT2D eigenvalue weighted by Crippen LogP contribution is -2.28. The molecule has 20 heavy (non-hydrogen) atoms. The zero-order valence-electron chi connectivity index (χ0n) is 11.7. The first-order valence-corrected chi connectivity index (χ1v) is 7.61. The van der Waals surface area contributed by atoms with Crippen molar-refractivity contribution in [1.82, 2.24) is 0 Å². The SMILES string of the molecule is CC1CC(C)CC(OC(=O)c2cc(N)c(F)cc2Br)C1. The van der Waals surface area contributed by atoms with Crippen LogP contribution in [-0.4, -0.2) is 12.1 Å². The normalized spacial score (nSPS) is 26.3. The summed E-state index contributed by atoms with van der Waals surface area (Å²) < 4.78 is 19.2. The van der Waals surface area contributed by atoms with Crippen LogP contribution in [0.15, 0.2) is 16.6 Å². The summed E-state index contributed by atoms with van der Waals surface area (Å²) in [5.74, 6) is 0.111. The third-order valence-electron chi connectivity index (χ3n) is 3.72. The maximum absolute atomic E-state index is 13.3. The second kappa shape index (κ2) is 6.12. The van der Waals surface area contributed by atoms with Gasteiger partial charge in [0.05, 0.1) is 11.3 Å². The molecule has 1 aromatic rings. The third-order valence-corrected chi connectivity index (χ3v) is 4.37. The monoisotopic (exact) mass is 343 g/mol. The third kappa shape index (κ3) is 3.51. The Balaban J connectivity index is 2.10. The Hall–Kier alpha value is -1.10. The molecule has 2 unspecified atom stereocenters. The molecule has 110 valence electrons. The second-order valence-electron chi connectivity index (χ2n) is 5.80. The highest BCUT2D eigenvalue weighted by atomic mass is 79.9. The first-order valence-electron chi connectivity index (χ1n) is 6.82. The zero-order valence-corrected chi connectivity index (χ0v) is 13.2. The Morgan fingerprint density at radius 3 is 2.50 bits per heavy atom. The van der Waals surface area contributed by atoms with Crippen LogP contribution in [0, 0.1) is 17.7 Å². The summed E-state index contributed by atoms with van der Waals surface area (Å²) in [6.45, 7) is 4.34.